The molecule has 5 heteroatoms. The average Bonchev–Trinajstić information content (AvgIpc) is 2.56. The van der Waals surface area contributed by atoms with Crippen LogP contribution in [-0.4, -0.2) is 25.5 Å². The molecule has 0 bridgehead atoms. The molecule has 0 radical (unpaired) electrons. The minimum absolute atomic E-state index is 0.164. The van der Waals surface area contributed by atoms with Gasteiger partial charge < -0.3 is 14.8 Å². The summed E-state index contributed by atoms with van der Waals surface area (Å²) in [6.45, 7) is 1.79. The predicted octanol–water partition coefficient (Wildman–Crippen LogP) is 2.27. The molecular weight excluding hydrogens is 294 g/mol. The van der Waals surface area contributed by atoms with Crippen LogP contribution in [0, 0.1) is 6.92 Å². The molecule has 0 aliphatic heterocycles. The Kier molecular flexibility index (Phi) is 5.74. The molecule has 1 amide bonds. The maximum Gasteiger partial charge on any atom is 0.330 e. The highest BCUT2D eigenvalue weighted by Crippen LogP contribution is 2.12. The molecule has 2 aromatic carbocycles. The van der Waals surface area contributed by atoms with Gasteiger partial charge in [0.2, 0.25) is 5.91 Å². The summed E-state index contributed by atoms with van der Waals surface area (Å²) in [5.41, 5.74) is 1.92. The van der Waals surface area contributed by atoms with Crippen LogP contribution in [0.2, 0.25) is 0 Å². The van der Waals surface area contributed by atoms with Gasteiger partial charge in [0, 0.05) is 0 Å². The number of hydrogen-bond donors (Lipinski definition) is 1. The van der Waals surface area contributed by atoms with Crippen molar-refractivity contribution in [3.8, 4) is 11.5 Å². The number of benzene rings is 2. The van der Waals surface area contributed by atoms with E-state index >= 15 is 0 Å². The minimum Gasteiger partial charge on any atom is -0.497 e. The molecule has 0 aromatic heterocycles. The number of carbonyl (C=O) groups is 2. The second-order valence-electron chi connectivity index (χ2n) is 5.09. The topological polar surface area (TPSA) is 64.6 Å². The molecule has 23 heavy (non-hydrogen) atoms. The van der Waals surface area contributed by atoms with Crippen LogP contribution in [0.3, 0.4) is 0 Å². The van der Waals surface area contributed by atoms with Gasteiger partial charge in [0.1, 0.15) is 18.0 Å². The standard InChI is InChI=1S/C18H19NO4/c1-13-3-7-16(8-4-13)23-18(21)12-19-17(20)11-14-5-9-15(22-2)10-6-14/h3-10H,11-12H2,1-2H3,(H,19,20). The number of aryl methyl sites for hydroxylation is 1. The summed E-state index contributed by atoms with van der Waals surface area (Å²) in [5.74, 6) is 0.453. The summed E-state index contributed by atoms with van der Waals surface area (Å²) in [7, 11) is 1.58. The second kappa shape index (κ2) is 7.98. The van der Waals surface area contributed by atoms with E-state index in [9.17, 15) is 9.59 Å². The summed E-state index contributed by atoms with van der Waals surface area (Å²) in [6, 6.07) is 14.3. The van der Waals surface area contributed by atoms with E-state index < -0.39 is 5.97 Å². The highest BCUT2D eigenvalue weighted by Gasteiger charge is 2.08. The van der Waals surface area contributed by atoms with Crippen molar-refractivity contribution in [3.05, 3.63) is 59.7 Å². The molecular formula is C18H19NO4. The molecule has 2 aromatic rings. The maximum absolute atomic E-state index is 11.8. The van der Waals surface area contributed by atoms with Crippen LogP contribution in [-0.2, 0) is 16.0 Å². The number of hydrogen-bond acceptors (Lipinski definition) is 4. The van der Waals surface area contributed by atoms with Gasteiger partial charge in [-0.15, -0.1) is 0 Å². The number of amides is 1. The number of methoxy groups -OCH3 is 1. The van der Waals surface area contributed by atoms with Crippen molar-refractivity contribution in [1.29, 1.82) is 0 Å². The molecule has 0 heterocycles. The van der Waals surface area contributed by atoms with Gasteiger partial charge in [-0.05, 0) is 36.8 Å². The summed E-state index contributed by atoms with van der Waals surface area (Å²) in [6.07, 6.45) is 0.196. The van der Waals surface area contributed by atoms with Crippen LogP contribution in [0.15, 0.2) is 48.5 Å². The summed E-state index contributed by atoms with van der Waals surface area (Å²) in [4.78, 5) is 23.5. The van der Waals surface area contributed by atoms with Crippen LogP contribution < -0.4 is 14.8 Å². The number of esters is 1. The van der Waals surface area contributed by atoms with E-state index in [1.54, 1.807) is 31.4 Å². The fourth-order valence-electron chi connectivity index (χ4n) is 1.94. The van der Waals surface area contributed by atoms with Crippen LogP contribution in [0.1, 0.15) is 11.1 Å². The fourth-order valence-corrected chi connectivity index (χ4v) is 1.94. The van der Waals surface area contributed by atoms with Gasteiger partial charge in [-0.1, -0.05) is 29.8 Å². The van der Waals surface area contributed by atoms with Crippen LogP contribution in [0.25, 0.3) is 0 Å². The fraction of sp³-hybridized carbons (Fsp3) is 0.222. The predicted molar refractivity (Wildman–Crippen MR) is 86.5 cm³/mol. The quantitative estimate of drug-likeness (QED) is 0.656. The molecule has 0 aliphatic rings. The van der Waals surface area contributed by atoms with Gasteiger partial charge in [0.15, 0.2) is 0 Å². The smallest absolute Gasteiger partial charge is 0.330 e. The minimum atomic E-state index is -0.503. The molecule has 0 saturated heterocycles. The van der Waals surface area contributed by atoms with Crippen molar-refractivity contribution in [1.82, 2.24) is 5.32 Å². The van der Waals surface area contributed by atoms with Crippen molar-refractivity contribution in [2.24, 2.45) is 0 Å². The Balaban J connectivity index is 1.76. The van der Waals surface area contributed by atoms with E-state index in [4.69, 9.17) is 9.47 Å². The summed E-state index contributed by atoms with van der Waals surface area (Å²) < 4.78 is 10.2. The van der Waals surface area contributed by atoms with Crippen LogP contribution in [0.4, 0.5) is 0 Å². The lowest BCUT2D eigenvalue weighted by atomic mass is 10.1. The zero-order chi connectivity index (χ0) is 16.7. The monoisotopic (exact) mass is 313 g/mol. The van der Waals surface area contributed by atoms with Gasteiger partial charge in [-0.2, -0.15) is 0 Å². The van der Waals surface area contributed by atoms with E-state index in [0.29, 0.717) is 5.75 Å². The SMILES string of the molecule is COc1ccc(CC(=O)NCC(=O)Oc2ccc(C)cc2)cc1. The molecule has 120 valence electrons. The third kappa shape index (κ3) is 5.47. The largest absolute Gasteiger partial charge is 0.497 e. The first-order chi connectivity index (χ1) is 11.1. The Morgan fingerprint density at radius 1 is 0.957 bits per heavy atom. The van der Waals surface area contributed by atoms with E-state index in [2.05, 4.69) is 5.32 Å². The highest BCUT2D eigenvalue weighted by atomic mass is 16.5. The van der Waals surface area contributed by atoms with Crippen molar-refractivity contribution >= 4 is 11.9 Å². The lowest BCUT2D eigenvalue weighted by Crippen LogP contribution is -2.32. The van der Waals surface area contributed by atoms with Gasteiger partial charge in [-0.25, -0.2) is 4.79 Å². The van der Waals surface area contributed by atoms with Crippen molar-refractivity contribution in [3.63, 3.8) is 0 Å². The van der Waals surface area contributed by atoms with Gasteiger partial charge in [0.25, 0.3) is 0 Å². The lowest BCUT2D eigenvalue weighted by Gasteiger charge is -2.07. The highest BCUT2D eigenvalue weighted by molar-refractivity contribution is 5.84. The Hall–Kier alpha value is -2.82. The first-order valence-electron chi connectivity index (χ1n) is 7.24. The molecule has 0 saturated carbocycles. The zero-order valence-corrected chi connectivity index (χ0v) is 13.2. The molecule has 1 N–H and O–H groups in total. The number of rotatable bonds is 6. The first kappa shape index (κ1) is 16.5. The molecule has 0 spiro atoms. The van der Waals surface area contributed by atoms with Crippen LogP contribution >= 0.6 is 0 Å². The molecule has 0 fully saturated rings. The summed E-state index contributed by atoms with van der Waals surface area (Å²) in [5, 5.41) is 2.55. The number of ether oxygens (including phenoxy) is 2. The molecule has 0 atom stereocenters. The van der Waals surface area contributed by atoms with Gasteiger partial charge >= 0.3 is 5.97 Å². The average molecular weight is 313 g/mol. The van der Waals surface area contributed by atoms with E-state index in [1.807, 2.05) is 31.2 Å². The Labute approximate surface area is 135 Å². The number of carbonyl (C=O) groups excluding carboxylic acids is 2. The Bertz CT molecular complexity index is 662. The van der Waals surface area contributed by atoms with Crippen molar-refractivity contribution in [2.75, 3.05) is 13.7 Å². The van der Waals surface area contributed by atoms with E-state index in [0.717, 1.165) is 16.9 Å². The third-order valence-corrected chi connectivity index (χ3v) is 3.21. The van der Waals surface area contributed by atoms with E-state index in [-0.39, 0.29) is 18.9 Å². The molecule has 0 aliphatic carbocycles. The van der Waals surface area contributed by atoms with E-state index in [1.165, 1.54) is 0 Å². The number of nitrogens with one attached hydrogen (secondary N) is 1. The third-order valence-electron chi connectivity index (χ3n) is 3.21. The van der Waals surface area contributed by atoms with Crippen molar-refractivity contribution in [2.45, 2.75) is 13.3 Å². The van der Waals surface area contributed by atoms with Gasteiger partial charge in [-0.3, -0.25) is 4.79 Å². The second-order valence-corrected chi connectivity index (χ2v) is 5.09. The Morgan fingerprint density at radius 3 is 2.17 bits per heavy atom. The van der Waals surface area contributed by atoms with Crippen molar-refractivity contribution < 1.29 is 19.1 Å². The van der Waals surface area contributed by atoms with Gasteiger partial charge in [0.05, 0.1) is 13.5 Å². The summed E-state index contributed by atoms with van der Waals surface area (Å²) >= 11 is 0. The maximum atomic E-state index is 11.8. The molecule has 2 rings (SSSR count). The lowest BCUT2D eigenvalue weighted by molar-refractivity contribution is -0.135. The zero-order valence-electron chi connectivity index (χ0n) is 13.2. The normalized spacial score (nSPS) is 10.0. The van der Waals surface area contributed by atoms with Crippen LogP contribution in [0.5, 0.6) is 11.5 Å². The first-order valence-corrected chi connectivity index (χ1v) is 7.24. The molecule has 5 nitrogen and oxygen atoms in total. The Morgan fingerprint density at radius 2 is 1.57 bits per heavy atom. The molecule has 0 unspecified atom stereocenters.